The maximum atomic E-state index is 10.2. The van der Waals surface area contributed by atoms with Crippen molar-refractivity contribution in [1.29, 1.82) is 5.26 Å². The van der Waals surface area contributed by atoms with Crippen LogP contribution in [0.3, 0.4) is 0 Å². The molecule has 19 heavy (non-hydrogen) atoms. The van der Waals surface area contributed by atoms with Gasteiger partial charge in [-0.15, -0.1) is 0 Å². The smallest absolute Gasteiger partial charge is 0.104 e. The fraction of sp³-hybridized carbons (Fsp3) is 0.188. The third-order valence-electron chi connectivity index (χ3n) is 3.05. The van der Waals surface area contributed by atoms with E-state index in [9.17, 15) is 5.11 Å². The number of nitriles is 1. The van der Waals surface area contributed by atoms with Gasteiger partial charge in [0, 0.05) is 6.61 Å². The lowest BCUT2D eigenvalue weighted by Gasteiger charge is -2.12. The van der Waals surface area contributed by atoms with Gasteiger partial charge in [-0.25, -0.2) is 0 Å². The van der Waals surface area contributed by atoms with Crippen LogP contribution in [0.15, 0.2) is 48.5 Å². The number of hydrogen-bond donors (Lipinski definition) is 2. The van der Waals surface area contributed by atoms with Gasteiger partial charge in [0.2, 0.25) is 0 Å². The van der Waals surface area contributed by atoms with Crippen LogP contribution in [0.4, 0.5) is 0 Å². The highest BCUT2D eigenvalue weighted by Gasteiger charge is 2.10. The summed E-state index contributed by atoms with van der Waals surface area (Å²) in [5.41, 5.74) is 3.17. The molecule has 3 heteroatoms. The van der Waals surface area contributed by atoms with E-state index in [1.165, 1.54) is 0 Å². The molecule has 0 aliphatic carbocycles. The van der Waals surface area contributed by atoms with Crippen LogP contribution in [0.5, 0.6) is 0 Å². The molecule has 0 aromatic heterocycles. The summed E-state index contributed by atoms with van der Waals surface area (Å²) in [6.45, 7) is 0.123. The number of aliphatic hydroxyl groups excluding tert-OH is 2. The second kappa shape index (κ2) is 6.14. The molecule has 0 radical (unpaired) electrons. The number of benzene rings is 2. The van der Waals surface area contributed by atoms with E-state index in [0.29, 0.717) is 12.0 Å². The first-order chi connectivity index (χ1) is 9.24. The summed E-state index contributed by atoms with van der Waals surface area (Å²) < 4.78 is 0. The fourth-order valence-electron chi connectivity index (χ4n) is 1.93. The van der Waals surface area contributed by atoms with Crippen LogP contribution >= 0.6 is 0 Å². The average molecular weight is 253 g/mol. The van der Waals surface area contributed by atoms with Gasteiger partial charge in [0.05, 0.1) is 11.6 Å². The summed E-state index contributed by atoms with van der Waals surface area (Å²) in [4.78, 5) is 0. The normalized spacial score (nSPS) is 11.8. The molecule has 1 unspecified atom stereocenters. The Balaban J connectivity index is 2.18. The van der Waals surface area contributed by atoms with Gasteiger partial charge in [-0.3, -0.25) is 0 Å². The van der Waals surface area contributed by atoms with Gasteiger partial charge in [0.15, 0.2) is 0 Å². The van der Waals surface area contributed by atoms with Crippen molar-refractivity contribution in [3.8, 4) is 6.07 Å². The number of rotatable bonds is 4. The highest BCUT2D eigenvalue weighted by Crippen LogP contribution is 2.22. The molecule has 0 saturated heterocycles. The Hall–Kier alpha value is -2.15. The van der Waals surface area contributed by atoms with Crippen molar-refractivity contribution < 1.29 is 10.2 Å². The highest BCUT2D eigenvalue weighted by molar-refractivity contribution is 5.36. The first-order valence-corrected chi connectivity index (χ1v) is 6.12. The molecule has 2 aromatic rings. The van der Waals surface area contributed by atoms with Gasteiger partial charge in [-0.2, -0.15) is 5.26 Å². The summed E-state index contributed by atoms with van der Waals surface area (Å²) in [6, 6.07) is 16.5. The Bertz CT molecular complexity index is 567. The van der Waals surface area contributed by atoms with Crippen LogP contribution in [-0.4, -0.2) is 16.8 Å². The Labute approximate surface area is 112 Å². The highest BCUT2D eigenvalue weighted by atomic mass is 16.3. The number of aliphatic hydroxyl groups is 2. The van der Waals surface area contributed by atoms with E-state index in [1.54, 1.807) is 24.3 Å². The van der Waals surface area contributed by atoms with E-state index in [0.717, 1.165) is 16.7 Å². The number of nitrogens with zero attached hydrogens (tertiary/aromatic N) is 1. The van der Waals surface area contributed by atoms with Crippen molar-refractivity contribution in [1.82, 2.24) is 0 Å². The van der Waals surface area contributed by atoms with Crippen molar-refractivity contribution >= 4 is 0 Å². The van der Waals surface area contributed by atoms with E-state index in [-0.39, 0.29) is 6.61 Å². The Morgan fingerprint density at radius 1 is 0.947 bits per heavy atom. The average Bonchev–Trinajstić information content (AvgIpc) is 2.48. The molecule has 2 aromatic carbocycles. The van der Waals surface area contributed by atoms with Gasteiger partial charge in [0.1, 0.15) is 6.10 Å². The lowest BCUT2D eigenvalue weighted by atomic mass is 9.99. The SMILES string of the molecule is N#Cc1ccc(C(O)c2ccc(CCO)cc2)cc1. The monoisotopic (exact) mass is 253 g/mol. The first-order valence-electron chi connectivity index (χ1n) is 6.12. The maximum Gasteiger partial charge on any atom is 0.104 e. The van der Waals surface area contributed by atoms with Crippen molar-refractivity contribution in [3.05, 3.63) is 70.8 Å². The van der Waals surface area contributed by atoms with Crippen LogP contribution < -0.4 is 0 Å². The van der Waals surface area contributed by atoms with Gasteiger partial charge in [-0.1, -0.05) is 36.4 Å². The van der Waals surface area contributed by atoms with Gasteiger partial charge in [0.25, 0.3) is 0 Å². The summed E-state index contributed by atoms with van der Waals surface area (Å²) in [5.74, 6) is 0. The summed E-state index contributed by atoms with van der Waals surface area (Å²) in [7, 11) is 0. The van der Waals surface area contributed by atoms with Crippen LogP contribution in [0.2, 0.25) is 0 Å². The molecule has 3 nitrogen and oxygen atoms in total. The minimum absolute atomic E-state index is 0.123. The first kappa shape index (κ1) is 13.3. The molecule has 96 valence electrons. The van der Waals surface area contributed by atoms with E-state index in [2.05, 4.69) is 0 Å². The molecule has 2 rings (SSSR count). The lowest BCUT2D eigenvalue weighted by molar-refractivity contribution is 0.220. The molecular weight excluding hydrogens is 238 g/mol. The second-order valence-electron chi connectivity index (χ2n) is 4.35. The third kappa shape index (κ3) is 3.19. The standard InChI is InChI=1S/C16H15NO2/c17-11-13-3-7-15(8-4-13)16(19)14-5-1-12(2-6-14)9-10-18/h1-8,16,18-19H,9-10H2. The molecule has 0 fully saturated rings. The molecule has 0 bridgehead atoms. The quantitative estimate of drug-likeness (QED) is 0.877. The maximum absolute atomic E-state index is 10.2. The van der Waals surface area contributed by atoms with Crippen molar-refractivity contribution in [3.63, 3.8) is 0 Å². The molecule has 0 spiro atoms. The van der Waals surface area contributed by atoms with E-state index >= 15 is 0 Å². The Morgan fingerprint density at radius 3 is 1.95 bits per heavy atom. The molecule has 0 aliphatic heterocycles. The van der Waals surface area contributed by atoms with Crippen LogP contribution in [-0.2, 0) is 6.42 Å². The summed E-state index contributed by atoms with van der Waals surface area (Å²) >= 11 is 0. The van der Waals surface area contributed by atoms with E-state index in [4.69, 9.17) is 10.4 Å². The topological polar surface area (TPSA) is 64.2 Å². The van der Waals surface area contributed by atoms with Gasteiger partial charge < -0.3 is 10.2 Å². The Kier molecular flexibility index (Phi) is 4.30. The zero-order valence-electron chi connectivity index (χ0n) is 10.5. The second-order valence-corrected chi connectivity index (χ2v) is 4.35. The summed E-state index contributed by atoms with van der Waals surface area (Å²) in [6.07, 6.45) is -0.0799. The lowest BCUT2D eigenvalue weighted by Crippen LogP contribution is -2.00. The molecule has 0 saturated carbocycles. The van der Waals surface area contributed by atoms with Crippen LogP contribution in [0.25, 0.3) is 0 Å². The van der Waals surface area contributed by atoms with Crippen LogP contribution in [0, 0.1) is 11.3 Å². The fourth-order valence-corrected chi connectivity index (χ4v) is 1.93. The zero-order chi connectivity index (χ0) is 13.7. The zero-order valence-corrected chi connectivity index (χ0v) is 10.5. The van der Waals surface area contributed by atoms with E-state index in [1.807, 2.05) is 30.3 Å². The predicted octanol–water partition coefficient (Wildman–Crippen LogP) is 2.17. The van der Waals surface area contributed by atoms with Crippen LogP contribution in [0.1, 0.15) is 28.4 Å². The van der Waals surface area contributed by atoms with Crippen molar-refractivity contribution in [2.45, 2.75) is 12.5 Å². The Morgan fingerprint density at radius 2 is 1.47 bits per heavy atom. The molecule has 0 heterocycles. The molecule has 0 aliphatic rings. The van der Waals surface area contributed by atoms with E-state index < -0.39 is 6.10 Å². The molecule has 0 amide bonds. The van der Waals surface area contributed by atoms with Crippen molar-refractivity contribution in [2.24, 2.45) is 0 Å². The van der Waals surface area contributed by atoms with Gasteiger partial charge in [-0.05, 0) is 35.2 Å². The third-order valence-corrected chi connectivity index (χ3v) is 3.05. The minimum Gasteiger partial charge on any atom is -0.396 e. The minimum atomic E-state index is -0.698. The molecular formula is C16H15NO2. The van der Waals surface area contributed by atoms with Gasteiger partial charge >= 0.3 is 0 Å². The predicted molar refractivity (Wildman–Crippen MR) is 72.5 cm³/mol. The molecule has 1 atom stereocenters. The number of hydrogen-bond acceptors (Lipinski definition) is 3. The summed E-state index contributed by atoms with van der Waals surface area (Å²) in [5, 5.41) is 27.8. The largest absolute Gasteiger partial charge is 0.396 e. The van der Waals surface area contributed by atoms with Crippen molar-refractivity contribution in [2.75, 3.05) is 6.61 Å². The molecule has 2 N–H and O–H groups in total.